The molecule has 0 bridgehead atoms. The van der Waals surface area contributed by atoms with Crippen LogP contribution < -0.4 is 5.32 Å². The van der Waals surface area contributed by atoms with Gasteiger partial charge >= 0.3 is 0 Å². The first-order valence-corrected chi connectivity index (χ1v) is 8.22. The summed E-state index contributed by atoms with van der Waals surface area (Å²) in [7, 11) is -3.43. The Hall–Kier alpha value is -0.920. The molecule has 0 aromatic carbocycles. The van der Waals surface area contributed by atoms with E-state index < -0.39 is 10.0 Å². The van der Waals surface area contributed by atoms with Crippen LogP contribution in [0, 0.1) is 5.92 Å². The Morgan fingerprint density at radius 3 is 2.95 bits per heavy atom. The predicted octanol–water partition coefficient (Wildman–Crippen LogP) is 0.446. The molecular weight excluding hydrogens is 264 g/mol. The smallest absolute Gasteiger partial charge is 0.260 e. The largest absolute Gasteiger partial charge is 0.315 e. The van der Waals surface area contributed by atoms with Gasteiger partial charge in [0.1, 0.15) is 0 Å². The lowest BCUT2D eigenvalue weighted by molar-refractivity contribution is 0.373. The van der Waals surface area contributed by atoms with Crippen molar-refractivity contribution in [1.82, 2.24) is 19.4 Å². The van der Waals surface area contributed by atoms with Crippen LogP contribution in [0.4, 0.5) is 0 Å². The summed E-state index contributed by atoms with van der Waals surface area (Å²) >= 11 is 0. The van der Waals surface area contributed by atoms with Gasteiger partial charge in [0.25, 0.3) is 10.0 Å². The lowest BCUT2D eigenvalue weighted by Gasteiger charge is -2.23. The molecule has 1 aromatic heterocycles. The summed E-state index contributed by atoms with van der Waals surface area (Å²) in [5.41, 5.74) is 0. The fourth-order valence-corrected chi connectivity index (χ4v) is 5.04. The number of hydrogen-bond acceptors (Lipinski definition) is 4. The molecule has 6 nitrogen and oxygen atoms in total. The molecule has 2 aliphatic heterocycles. The maximum absolute atomic E-state index is 12.8. The summed E-state index contributed by atoms with van der Waals surface area (Å²) in [6.07, 6.45) is 2.51. The first-order chi connectivity index (χ1) is 9.01. The fraction of sp³-hybridized carbons (Fsp3) is 0.750. The van der Waals surface area contributed by atoms with Gasteiger partial charge in [-0.2, -0.15) is 9.40 Å². The van der Waals surface area contributed by atoms with Crippen molar-refractivity contribution in [2.45, 2.75) is 37.4 Å². The summed E-state index contributed by atoms with van der Waals surface area (Å²) in [4.78, 5) is 0. The van der Waals surface area contributed by atoms with Crippen LogP contribution in [-0.2, 0) is 10.0 Å². The van der Waals surface area contributed by atoms with Crippen LogP contribution in [0.3, 0.4) is 0 Å². The van der Waals surface area contributed by atoms with Crippen LogP contribution >= 0.6 is 0 Å². The van der Waals surface area contributed by atoms with E-state index in [2.05, 4.69) is 10.4 Å². The lowest BCUT2D eigenvalue weighted by Crippen LogP contribution is -2.40. The first kappa shape index (κ1) is 13.1. The number of nitrogens with zero attached hydrogens (tertiary/aromatic N) is 3. The second kappa shape index (κ2) is 4.57. The molecule has 0 unspecified atom stereocenters. The monoisotopic (exact) mass is 284 g/mol. The zero-order chi connectivity index (χ0) is 13.6. The summed E-state index contributed by atoms with van der Waals surface area (Å²) in [6.45, 7) is 6.20. The minimum absolute atomic E-state index is 0.0416. The van der Waals surface area contributed by atoms with E-state index >= 15 is 0 Å². The standard InChI is InChI=1S/C12H20N4O2S/c1-9(2)16-12(3-5-14-16)19(17,18)15-6-4-10-7-13-8-11(10)15/h3,5,9-11,13H,4,6-8H2,1-2H3/t10-,11+/m0/s1. The molecule has 3 rings (SSSR count). The molecule has 0 spiro atoms. The molecule has 0 amide bonds. The maximum atomic E-state index is 12.8. The quantitative estimate of drug-likeness (QED) is 0.875. The highest BCUT2D eigenvalue weighted by Gasteiger charge is 2.44. The number of rotatable bonds is 3. The van der Waals surface area contributed by atoms with Gasteiger partial charge in [-0.05, 0) is 38.8 Å². The number of sulfonamides is 1. The van der Waals surface area contributed by atoms with Crippen LogP contribution in [0.1, 0.15) is 26.3 Å². The van der Waals surface area contributed by atoms with E-state index in [0.717, 1.165) is 19.5 Å². The average Bonchev–Trinajstić information content (AvgIpc) is 3.04. The maximum Gasteiger partial charge on any atom is 0.260 e. The second-order valence-corrected chi connectivity index (χ2v) is 7.44. The molecule has 0 aliphatic carbocycles. The molecule has 2 aliphatic rings. The summed E-state index contributed by atoms with van der Waals surface area (Å²) in [5.74, 6) is 0.463. The summed E-state index contributed by atoms with van der Waals surface area (Å²) < 4.78 is 28.9. The Bertz CT molecular complexity index is 566. The van der Waals surface area contributed by atoms with E-state index in [-0.39, 0.29) is 12.1 Å². The molecule has 19 heavy (non-hydrogen) atoms. The van der Waals surface area contributed by atoms with E-state index in [1.807, 2.05) is 13.8 Å². The average molecular weight is 284 g/mol. The van der Waals surface area contributed by atoms with Gasteiger partial charge in [0.05, 0.1) is 6.20 Å². The van der Waals surface area contributed by atoms with E-state index in [9.17, 15) is 8.42 Å². The van der Waals surface area contributed by atoms with Gasteiger partial charge in [-0.25, -0.2) is 8.42 Å². The molecule has 2 saturated heterocycles. The number of hydrogen-bond donors (Lipinski definition) is 1. The second-order valence-electron chi connectivity index (χ2n) is 5.60. The first-order valence-electron chi connectivity index (χ1n) is 6.78. The predicted molar refractivity (Wildman–Crippen MR) is 71.3 cm³/mol. The van der Waals surface area contributed by atoms with Gasteiger partial charge in [-0.3, -0.25) is 4.68 Å². The van der Waals surface area contributed by atoms with Crippen molar-refractivity contribution < 1.29 is 8.42 Å². The third-order valence-electron chi connectivity index (χ3n) is 4.09. The van der Waals surface area contributed by atoms with Gasteiger partial charge in [0, 0.05) is 25.2 Å². The topological polar surface area (TPSA) is 67.2 Å². The molecule has 3 heterocycles. The lowest BCUT2D eigenvalue weighted by atomic mass is 10.1. The SMILES string of the molecule is CC(C)n1nccc1S(=O)(=O)N1CC[C@H]2CNC[C@H]21. The van der Waals surface area contributed by atoms with Crippen LogP contribution in [0.25, 0.3) is 0 Å². The molecule has 7 heteroatoms. The number of aromatic nitrogens is 2. The third kappa shape index (κ3) is 2.00. The van der Waals surface area contributed by atoms with Gasteiger partial charge in [0.15, 0.2) is 5.03 Å². The third-order valence-corrected chi connectivity index (χ3v) is 6.01. The van der Waals surface area contributed by atoms with Crippen molar-refractivity contribution in [2.24, 2.45) is 5.92 Å². The van der Waals surface area contributed by atoms with Crippen LogP contribution in [0.15, 0.2) is 17.3 Å². The molecule has 1 N–H and O–H groups in total. The van der Waals surface area contributed by atoms with Crippen LogP contribution in [-0.4, -0.2) is 48.2 Å². The van der Waals surface area contributed by atoms with Crippen molar-refractivity contribution in [2.75, 3.05) is 19.6 Å². The minimum atomic E-state index is -3.43. The Morgan fingerprint density at radius 2 is 2.21 bits per heavy atom. The van der Waals surface area contributed by atoms with E-state index in [0.29, 0.717) is 17.5 Å². The molecule has 2 fully saturated rings. The highest BCUT2D eigenvalue weighted by atomic mass is 32.2. The number of nitrogens with one attached hydrogen (secondary N) is 1. The Balaban J connectivity index is 1.96. The summed E-state index contributed by atoms with van der Waals surface area (Å²) in [6, 6.07) is 1.76. The number of fused-ring (bicyclic) bond motifs is 1. The Morgan fingerprint density at radius 1 is 1.42 bits per heavy atom. The van der Waals surface area contributed by atoms with Gasteiger partial charge in [-0.1, -0.05) is 0 Å². The molecule has 0 radical (unpaired) electrons. The van der Waals surface area contributed by atoms with Crippen LogP contribution in [0.5, 0.6) is 0 Å². The van der Waals surface area contributed by atoms with Crippen molar-refractivity contribution in [3.8, 4) is 0 Å². The normalized spacial score (nSPS) is 28.2. The Kier molecular flexibility index (Phi) is 3.15. The summed E-state index contributed by atoms with van der Waals surface area (Å²) in [5, 5.41) is 7.73. The van der Waals surface area contributed by atoms with Crippen molar-refractivity contribution >= 4 is 10.0 Å². The molecular formula is C12H20N4O2S. The molecule has 2 atom stereocenters. The van der Waals surface area contributed by atoms with Crippen molar-refractivity contribution in [3.63, 3.8) is 0 Å². The minimum Gasteiger partial charge on any atom is -0.315 e. The van der Waals surface area contributed by atoms with E-state index in [1.54, 1.807) is 21.3 Å². The van der Waals surface area contributed by atoms with Crippen LogP contribution in [0.2, 0.25) is 0 Å². The van der Waals surface area contributed by atoms with Crippen molar-refractivity contribution in [3.05, 3.63) is 12.3 Å². The highest BCUT2D eigenvalue weighted by molar-refractivity contribution is 7.89. The zero-order valence-electron chi connectivity index (χ0n) is 11.3. The molecule has 0 saturated carbocycles. The Labute approximate surface area is 113 Å². The van der Waals surface area contributed by atoms with Gasteiger partial charge < -0.3 is 5.32 Å². The zero-order valence-corrected chi connectivity index (χ0v) is 12.1. The fourth-order valence-electron chi connectivity index (χ4n) is 3.12. The van der Waals surface area contributed by atoms with Crippen molar-refractivity contribution in [1.29, 1.82) is 0 Å². The van der Waals surface area contributed by atoms with E-state index in [1.165, 1.54) is 0 Å². The van der Waals surface area contributed by atoms with Gasteiger partial charge in [-0.15, -0.1) is 0 Å². The highest BCUT2D eigenvalue weighted by Crippen LogP contribution is 2.32. The van der Waals surface area contributed by atoms with Gasteiger partial charge in [0.2, 0.25) is 0 Å². The molecule has 106 valence electrons. The molecule has 1 aromatic rings. The van der Waals surface area contributed by atoms with E-state index in [4.69, 9.17) is 0 Å².